The summed E-state index contributed by atoms with van der Waals surface area (Å²) in [6.07, 6.45) is 6.39. The molecule has 5 rings (SSSR count). The molecule has 2 amide bonds. The first-order valence-corrected chi connectivity index (χ1v) is 12.6. The van der Waals surface area contributed by atoms with Crippen LogP contribution in [-0.2, 0) is 0 Å². The molecule has 2 aliphatic heterocycles. The van der Waals surface area contributed by atoms with Crippen molar-refractivity contribution < 1.29 is 14.3 Å². The van der Waals surface area contributed by atoms with E-state index in [1.165, 1.54) is 25.7 Å². The normalized spacial score (nSPS) is 18.9. The molecule has 2 heterocycles. The van der Waals surface area contributed by atoms with E-state index >= 15 is 0 Å². The highest BCUT2D eigenvalue weighted by Gasteiger charge is 2.43. The maximum absolute atomic E-state index is 13.1. The summed E-state index contributed by atoms with van der Waals surface area (Å²) in [5.74, 6) is 1.99. The second kappa shape index (κ2) is 9.85. The van der Waals surface area contributed by atoms with E-state index in [0.717, 1.165) is 30.1 Å². The summed E-state index contributed by atoms with van der Waals surface area (Å²) >= 11 is 6.28. The first-order valence-electron chi connectivity index (χ1n) is 12.2. The van der Waals surface area contributed by atoms with Crippen molar-refractivity contribution in [3.05, 3.63) is 41.4 Å². The van der Waals surface area contributed by atoms with Gasteiger partial charge in [0.15, 0.2) is 0 Å². The van der Waals surface area contributed by atoms with Crippen molar-refractivity contribution in [3.63, 3.8) is 0 Å². The number of fused-ring (bicyclic) bond motifs is 1. The summed E-state index contributed by atoms with van der Waals surface area (Å²) in [5, 5.41) is 10.9. The van der Waals surface area contributed by atoms with Gasteiger partial charge in [0.25, 0.3) is 0 Å². The Morgan fingerprint density at radius 1 is 1.11 bits per heavy atom. The van der Waals surface area contributed by atoms with Gasteiger partial charge in [0, 0.05) is 25.2 Å². The SMILES string of the molecule is COc1cc(OC)c(NC(=O)N2CCC3(CC2)Nc2ccccc2N=C3NC2CCCC2)cc1Cl. The lowest BCUT2D eigenvalue weighted by molar-refractivity contribution is 0.189. The van der Waals surface area contributed by atoms with Crippen molar-refractivity contribution in [2.45, 2.75) is 50.1 Å². The van der Waals surface area contributed by atoms with Gasteiger partial charge < -0.3 is 30.3 Å². The minimum absolute atomic E-state index is 0.183. The van der Waals surface area contributed by atoms with Gasteiger partial charge in [0.2, 0.25) is 0 Å². The molecule has 1 saturated heterocycles. The Labute approximate surface area is 211 Å². The Kier molecular flexibility index (Phi) is 6.65. The summed E-state index contributed by atoms with van der Waals surface area (Å²) in [6.45, 7) is 1.19. The fourth-order valence-corrected chi connectivity index (χ4v) is 5.50. The van der Waals surface area contributed by atoms with Gasteiger partial charge in [-0.3, -0.25) is 0 Å². The van der Waals surface area contributed by atoms with Crippen molar-refractivity contribution in [3.8, 4) is 11.5 Å². The van der Waals surface area contributed by atoms with Crippen LogP contribution in [0.15, 0.2) is 41.4 Å². The number of aliphatic imine (C=N–C) groups is 1. The maximum Gasteiger partial charge on any atom is 0.321 e. The lowest BCUT2D eigenvalue weighted by Crippen LogP contribution is -2.61. The average Bonchev–Trinajstić information content (AvgIpc) is 3.38. The zero-order valence-corrected chi connectivity index (χ0v) is 21.0. The minimum atomic E-state index is -0.311. The maximum atomic E-state index is 13.1. The van der Waals surface area contributed by atoms with Gasteiger partial charge in [-0.25, -0.2) is 9.79 Å². The van der Waals surface area contributed by atoms with Crippen LogP contribution in [0.1, 0.15) is 38.5 Å². The highest BCUT2D eigenvalue weighted by Crippen LogP contribution is 2.39. The van der Waals surface area contributed by atoms with E-state index < -0.39 is 0 Å². The average molecular weight is 498 g/mol. The highest BCUT2D eigenvalue weighted by atomic mass is 35.5. The quantitative estimate of drug-likeness (QED) is 0.525. The van der Waals surface area contributed by atoms with E-state index in [9.17, 15) is 4.79 Å². The van der Waals surface area contributed by atoms with Crippen LogP contribution in [0.2, 0.25) is 5.02 Å². The van der Waals surface area contributed by atoms with Crippen molar-refractivity contribution in [1.29, 1.82) is 0 Å². The van der Waals surface area contributed by atoms with E-state index in [-0.39, 0.29) is 11.6 Å². The van der Waals surface area contributed by atoms with Crippen molar-refractivity contribution in [1.82, 2.24) is 10.2 Å². The molecule has 0 aromatic heterocycles. The van der Waals surface area contributed by atoms with Crippen LogP contribution in [0.5, 0.6) is 11.5 Å². The van der Waals surface area contributed by atoms with Gasteiger partial charge in [-0.15, -0.1) is 0 Å². The smallest absolute Gasteiger partial charge is 0.321 e. The Morgan fingerprint density at radius 2 is 1.83 bits per heavy atom. The number of carbonyl (C=O) groups is 1. The first kappa shape index (κ1) is 23.6. The number of likely N-dealkylation sites (tertiary alicyclic amines) is 1. The third-order valence-electron chi connectivity index (χ3n) is 7.28. The summed E-state index contributed by atoms with van der Waals surface area (Å²) in [4.78, 5) is 20.0. The Balaban J connectivity index is 1.31. The number of nitrogens with zero attached hydrogens (tertiary/aromatic N) is 2. The van der Waals surface area contributed by atoms with E-state index in [2.05, 4.69) is 22.0 Å². The molecule has 2 fully saturated rings. The molecule has 0 unspecified atom stereocenters. The zero-order valence-electron chi connectivity index (χ0n) is 20.2. The lowest BCUT2D eigenvalue weighted by Gasteiger charge is -2.46. The van der Waals surface area contributed by atoms with Crippen LogP contribution in [-0.4, -0.2) is 55.7 Å². The van der Waals surface area contributed by atoms with E-state index in [4.69, 9.17) is 26.1 Å². The molecule has 2 aromatic rings. The third kappa shape index (κ3) is 4.72. The summed E-state index contributed by atoms with van der Waals surface area (Å²) in [5.41, 5.74) is 2.20. The first-order chi connectivity index (χ1) is 17.0. The monoisotopic (exact) mass is 497 g/mol. The molecule has 2 aromatic carbocycles. The van der Waals surface area contributed by atoms with Crippen LogP contribution in [0.25, 0.3) is 0 Å². The number of hydrogen-bond donors (Lipinski definition) is 3. The summed E-state index contributed by atoms with van der Waals surface area (Å²) < 4.78 is 10.7. The number of carbonyl (C=O) groups excluding carboxylic acids is 1. The second-order valence-corrected chi connectivity index (χ2v) is 9.82. The van der Waals surface area contributed by atoms with Crippen molar-refractivity contribution in [2.75, 3.05) is 37.9 Å². The number of amidine groups is 1. The number of halogens is 1. The van der Waals surface area contributed by atoms with Crippen LogP contribution < -0.4 is 25.4 Å². The molecule has 1 saturated carbocycles. The number of nitrogens with one attached hydrogen (secondary N) is 3. The predicted octanol–water partition coefficient (Wildman–Crippen LogP) is 5.41. The van der Waals surface area contributed by atoms with Crippen molar-refractivity contribution in [2.24, 2.45) is 4.99 Å². The van der Waals surface area contributed by atoms with Gasteiger partial charge in [-0.1, -0.05) is 36.6 Å². The number of rotatable bonds is 4. The Hall–Kier alpha value is -3.13. The molecule has 9 heteroatoms. The molecule has 3 N–H and O–H groups in total. The number of urea groups is 1. The van der Waals surface area contributed by atoms with Gasteiger partial charge in [-0.05, 0) is 43.9 Å². The van der Waals surface area contributed by atoms with Crippen LogP contribution in [0.4, 0.5) is 21.9 Å². The van der Waals surface area contributed by atoms with Crippen molar-refractivity contribution >= 4 is 40.5 Å². The third-order valence-corrected chi connectivity index (χ3v) is 7.57. The number of anilines is 2. The number of amides is 2. The van der Waals surface area contributed by atoms with Gasteiger partial charge >= 0.3 is 6.03 Å². The molecule has 35 heavy (non-hydrogen) atoms. The summed E-state index contributed by atoms with van der Waals surface area (Å²) in [6, 6.07) is 11.8. The minimum Gasteiger partial charge on any atom is -0.495 e. The van der Waals surface area contributed by atoms with Crippen LogP contribution in [0.3, 0.4) is 0 Å². The molecule has 1 aliphatic carbocycles. The standard InChI is InChI=1S/C26H32ClN5O3/c1-34-22-16-23(35-2)21(15-18(22)27)30-25(33)32-13-11-26(12-14-32)24(28-17-7-3-4-8-17)29-19-9-5-6-10-20(19)31-26/h5-6,9-10,15-17,31H,3-4,7-8,11-14H2,1-2H3,(H,28,29)(H,30,33). The van der Waals surface area contributed by atoms with Gasteiger partial charge in [0.1, 0.15) is 17.3 Å². The molecular weight excluding hydrogens is 466 g/mol. The molecule has 186 valence electrons. The summed E-state index contributed by atoms with van der Waals surface area (Å²) in [7, 11) is 3.09. The molecule has 0 radical (unpaired) electrons. The molecular formula is C26H32ClN5O3. The number of methoxy groups -OCH3 is 2. The Morgan fingerprint density at radius 3 is 2.54 bits per heavy atom. The van der Waals surface area contributed by atoms with Crippen LogP contribution in [0, 0.1) is 0 Å². The molecule has 3 aliphatic rings. The number of piperidine rings is 1. The number of ether oxygens (including phenoxy) is 2. The van der Waals surface area contributed by atoms with Gasteiger partial charge in [0.05, 0.1) is 41.8 Å². The van der Waals surface area contributed by atoms with Crippen LogP contribution >= 0.6 is 11.6 Å². The Bertz CT molecular complexity index is 1120. The lowest BCUT2D eigenvalue weighted by atomic mass is 9.84. The molecule has 0 bridgehead atoms. The molecule has 8 nitrogen and oxygen atoms in total. The topological polar surface area (TPSA) is 87.2 Å². The van der Waals surface area contributed by atoms with E-state index in [1.54, 1.807) is 26.4 Å². The van der Waals surface area contributed by atoms with E-state index in [0.29, 0.717) is 41.3 Å². The van der Waals surface area contributed by atoms with E-state index in [1.807, 2.05) is 23.1 Å². The highest BCUT2D eigenvalue weighted by molar-refractivity contribution is 6.32. The fourth-order valence-electron chi connectivity index (χ4n) is 5.26. The fraction of sp³-hybridized carbons (Fsp3) is 0.462. The predicted molar refractivity (Wildman–Crippen MR) is 140 cm³/mol. The second-order valence-electron chi connectivity index (χ2n) is 9.41. The molecule has 0 atom stereocenters. The number of benzene rings is 2. The number of para-hydroxylation sites is 2. The number of hydrogen-bond acceptors (Lipinski definition) is 6. The van der Waals surface area contributed by atoms with Gasteiger partial charge in [-0.2, -0.15) is 0 Å². The zero-order chi connectivity index (χ0) is 24.4. The largest absolute Gasteiger partial charge is 0.495 e. The molecule has 1 spiro atoms.